The van der Waals surface area contributed by atoms with E-state index in [1.54, 1.807) is 0 Å². The van der Waals surface area contributed by atoms with Crippen molar-refractivity contribution >= 4 is 17.9 Å². The van der Waals surface area contributed by atoms with Crippen molar-refractivity contribution in [3.05, 3.63) is 146 Å². The lowest BCUT2D eigenvalue weighted by Gasteiger charge is -2.18. The van der Waals surface area contributed by atoms with E-state index in [2.05, 4.69) is 167 Å². The summed E-state index contributed by atoms with van der Waals surface area (Å²) in [6.07, 6.45) is 98.6. The standard InChI is InChI=1S/C76H124O6/c1-4-7-10-13-16-19-22-25-28-31-34-37-38-40-42-45-48-51-54-57-60-63-66-69-75(78)81-72-73(71-80-74(77)68-65-62-59-56-53-50-47-44-41-36-33-30-27-24-21-18-15-12-9-6-3)82-76(79)70-67-64-61-58-55-52-49-46-43-39-35-32-29-26-23-20-17-14-11-8-5-2/h7-8,10-11,16-17,19-20,25-26,28-29,34-35,37,39-40,42,46,48-49,51,57,60,73H,4-6,9,12-15,18,21-24,27,30-33,36,38,41,43-45,47,50,52-56,58-59,61-72H2,1-3H3/b10-7-,11-8-,19-16-,20-17-,28-25-,29-26-,37-34-,39-35-,42-40-,49-46-,51-48-,60-57-. The normalized spacial score (nSPS) is 13.1. The average Bonchev–Trinajstić information content (AvgIpc) is 3.47. The lowest BCUT2D eigenvalue weighted by atomic mass is 10.0. The number of unbranched alkanes of at least 4 members (excludes halogenated alkanes) is 25. The summed E-state index contributed by atoms with van der Waals surface area (Å²) >= 11 is 0. The summed E-state index contributed by atoms with van der Waals surface area (Å²) in [5, 5.41) is 0. The van der Waals surface area contributed by atoms with Crippen LogP contribution >= 0.6 is 0 Å². The van der Waals surface area contributed by atoms with Crippen LogP contribution in [-0.2, 0) is 28.6 Å². The molecule has 82 heavy (non-hydrogen) atoms. The van der Waals surface area contributed by atoms with Gasteiger partial charge in [0.25, 0.3) is 0 Å². The first kappa shape index (κ1) is 77.3. The van der Waals surface area contributed by atoms with Gasteiger partial charge in [0.05, 0.1) is 0 Å². The summed E-state index contributed by atoms with van der Waals surface area (Å²) in [5.41, 5.74) is 0. The van der Waals surface area contributed by atoms with Crippen molar-refractivity contribution < 1.29 is 28.6 Å². The van der Waals surface area contributed by atoms with Crippen molar-refractivity contribution in [2.75, 3.05) is 13.2 Å². The maximum absolute atomic E-state index is 12.9. The Morgan fingerprint density at radius 1 is 0.256 bits per heavy atom. The summed E-state index contributed by atoms with van der Waals surface area (Å²) in [6.45, 7) is 6.37. The van der Waals surface area contributed by atoms with Crippen LogP contribution in [-0.4, -0.2) is 37.2 Å². The van der Waals surface area contributed by atoms with E-state index in [1.165, 1.54) is 109 Å². The number of allylic oxidation sites excluding steroid dienone is 24. The van der Waals surface area contributed by atoms with Crippen LogP contribution in [0.25, 0.3) is 0 Å². The van der Waals surface area contributed by atoms with E-state index >= 15 is 0 Å². The molecule has 6 heteroatoms. The van der Waals surface area contributed by atoms with Crippen molar-refractivity contribution in [1.82, 2.24) is 0 Å². The number of carbonyl (C=O) groups excluding carboxylic acids is 3. The zero-order chi connectivity index (χ0) is 59.2. The molecule has 0 aliphatic heterocycles. The first-order valence-corrected chi connectivity index (χ1v) is 33.8. The molecule has 0 aromatic rings. The first-order chi connectivity index (χ1) is 40.5. The Kier molecular flexibility index (Phi) is 64.8. The molecular weight excluding hydrogens is 1010 g/mol. The molecule has 0 radical (unpaired) electrons. The van der Waals surface area contributed by atoms with Gasteiger partial charge in [0, 0.05) is 19.3 Å². The van der Waals surface area contributed by atoms with Crippen molar-refractivity contribution in [2.24, 2.45) is 0 Å². The summed E-state index contributed by atoms with van der Waals surface area (Å²) in [4.78, 5) is 38.4. The van der Waals surface area contributed by atoms with Crippen LogP contribution in [0.3, 0.4) is 0 Å². The van der Waals surface area contributed by atoms with E-state index in [9.17, 15) is 14.4 Å². The molecule has 0 spiro atoms. The molecule has 0 aliphatic carbocycles. The Hall–Kier alpha value is -4.71. The highest BCUT2D eigenvalue weighted by Crippen LogP contribution is 2.16. The van der Waals surface area contributed by atoms with E-state index in [1.807, 2.05) is 0 Å². The van der Waals surface area contributed by atoms with E-state index < -0.39 is 6.10 Å². The second-order valence-corrected chi connectivity index (χ2v) is 22.0. The first-order valence-electron chi connectivity index (χ1n) is 33.8. The van der Waals surface area contributed by atoms with Gasteiger partial charge >= 0.3 is 17.9 Å². The molecule has 1 atom stereocenters. The minimum Gasteiger partial charge on any atom is -0.462 e. The van der Waals surface area contributed by atoms with Crippen LogP contribution in [0.1, 0.15) is 297 Å². The van der Waals surface area contributed by atoms with E-state index in [0.29, 0.717) is 12.8 Å². The molecule has 0 amide bonds. The maximum atomic E-state index is 12.9. The van der Waals surface area contributed by atoms with Gasteiger partial charge in [-0.3, -0.25) is 14.4 Å². The molecule has 0 aromatic heterocycles. The predicted octanol–water partition coefficient (Wildman–Crippen LogP) is 23.5. The zero-order valence-corrected chi connectivity index (χ0v) is 53.2. The summed E-state index contributed by atoms with van der Waals surface area (Å²) < 4.78 is 16.9. The van der Waals surface area contributed by atoms with E-state index in [4.69, 9.17) is 14.2 Å². The Morgan fingerprint density at radius 2 is 0.488 bits per heavy atom. The van der Waals surface area contributed by atoms with Crippen LogP contribution in [0.2, 0.25) is 0 Å². The molecule has 6 nitrogen and oxygen atoms in total. The molecule has 464 valence electrons. The largest absolute Gasteiger partial charge is 0.462 e. The molecule has 0 aliphatic rings. The number of esters is 3. The Balaban J connectivity index is 4.53. The molecular formula is C76H124O6. The highest BCUT2D eigenvalue weighted by atomic mass is 16.6. The third-order valence-corrected chi connectivity index (χ3v) is 14.1. The average molecular weight is 1130 g/mol. The predicted molar refractivity (Wildman–Crippen MR) is 357 cm³/mol. The highest BCUT2D eigenvalue weighted by molar-refractivity contribution is 5.71. The minimum absolute atomic E-state index is 0.107. The third kappa shape index (κ3) is 66.1. The minimum atomic E-state index is -0.819. The number of hydrogen-bond acceptors (Lipinski definition) is 6. The van der Waals surface area contributed by atoms with Gasteiger partial charge in [-0.1, -0.05) is 308 Å². The van der Waals surface area contributed by atoms with Gasteiger partial charge in [0.1, 0.15) is 13.2 Å². The summed E-state index contributed by atoms with van der Waals surface area (Å²) in [7, 11) is 0. The van der Waals surface area contributed by atoms with Gasteiger partial charge in [-0.2, -0.15) is 0 Å². The van der Waals surface area contributed by atoms with Crippen molar-refractivity contribution in [3.63, 3.8) is 0 Å². The maximum Gasteiger partial charge on any atom is 0.306 e. The third-order valence-electron chi connectivity index (χ3n) is 14.1. The highest BCUT2D eigenvalue weighted by Gasteiger charge is 2.19. The lowest BCUT2D eigenvalue weighted by Crippen LogP contribution is -2.30. The molecule has 0 saturated heterocycles. The van der Waals surface area contributed by atoms with E-state index in [-0.39, 0.29) is 44.0 Å². The van der Waals surface area contributed by atoms with Gasteiger partial charge in [0.2, 0.25) is 0 Å². The summed E-state index contributed by atoms with van der Waals surface area (Å²) in [5.74, 6) is -0.983. The molecule has 1 unspecified atom stereocenters. The van der Waals surface area contributed by atoms with Crippen LogP contribution < -0.4 is 0 Å². The number of carbonyl (C=O) groups is 3. The van der Waals surface area contributed by atoms with Crippen LogP contribution in [0.5, 0.6) is 0 Å². The van der Waals surface area contributed by atoms with Crippen molar-refractivity contribution in [2.45, 2.75) is 303 Å². The molecule has 0 heterocycles. The number of rotatable bonds is 60. The molecule has 0 aromatic carbocycles. The molecule has 0 saturated carbocycles. The van der Waals surface area contributed by atoms with Gasteiger partial charge < -0.3 is 14.2 Å². The smallest absolute Gasteiger partial charge is 0.306 e. The van der Waals surface area contributed by atoms with Gasteiger partial charge in [0.15, 0.2) is 6.10 Å². The van der Waals surface area contributed by atoms with Crippen molar-refractivity contribution in [3.8, 4) is 0 Å². The summed E-state index contributed by atoms with van der Waals surface area (Å²) in [6, 6.07) is 0. The fourth-order valence-electron chi connectivity index (χ4n) is 9.11. The molecule has 0 N–H and O–H groups in total. The van der Waals surface area contributed by atoms with Gasteiger partial charge in [-0.25, -0.2) is 0 Å². The SMILES string of the molecule is CC/C=C\C/C=C\C/C=C\C/C=C\C/C=C\C/C=C\C/C=C\CCCC(=O)OCC(COC(=O)CCCCCCCCCCCCCCCCCCCCCC)OC(=O)CCCCCCC/C=C\C/C=C\C/C=C\C/C=C\C/C=C\CC. The van der Waals surface area contributed by atoms with Crippen LogP contribution in [0, 0.1) is 0 Å². The van der Waals surface area contributed by atoms with Crippen LogP contribution in [0.15, 0.2) is 146 Å². The molecule has 0 fully saturated rings. The lowest BCUT2D eigenvalue weighted by molar-refractivity contribution is -0.167. The number of ether oxygens (including phenoxy) is 3. The fourth-order valence-corrected chi connectivity index (χ4v) is 9.11. The van der Waals surface area contributed by atoms with Gasteiger partial charge in [-0.05, 0) is 116 Å². The molecule has 0 bridgehead atoms. The van der Waals surface area contributed by atoms with Crippen LogP contribution in [0.4, 0.5) is 0 Å². The second kappa shape index (κ2) is 68.8. The Bertz CT molecular complexity index is 1780. The van der Waals surface area contributed by atoms with Crippen molar-refractivity contribution in [1.29, 1.82) is 0 Å². The quantitative estimate of drug-likeness (QED) is 0.0261. The fraction of sp³-hybridized carbons (Fsp3) is 0.645. The molecule has 0 rings (SSSR count). The second-order valence-electron chi connectivity index (χ2n) is 22.0. The van der Waals surface area contributed by atoms with E-state index in [0.717, 1.165) is 141 Å². The number of hydrogen-bond donors (Lipinski definition) is 0. The Morgan fingerprint density at radius 3 is 0.793 bits per heavy atom. The van der Waals surface area contributed by atoms with Gasteiger partial charge in [-0.15, -0.1) is 0 Å². The monoisotopic (exact) mass is 1130 g/mol. The topological polar surface area (TPSA) is 78.9 Å². The Labute approximate surface area is 506 Å². The zero-order valence-electron chi connectivity index (χ0n) is 53.2.